The smallest absolute Gasteiger partial charge is 0.305 e. The van der Waals surface area contributed by atoms with E-state index in [9.17, 15) is 4.79 Å². The van der Waals surface area contributed by atoms with Crippen LogP contribution in [0.1, 0.15) is 168 Å². The monoisotopic (exact) mass is 733 g/mol. The van der Waals surface area contributed by atoms with Crippen molar-refractivity contribution in [3.63, 3.8) is 0 Å². The van der Waals surface area contributed by atoms with Crippen molar-refractivity contribution in [1.29, 1.82) is 0 Å². The number of carbonyl (C=O) groups is 1. The molecule has 0 bridgehead atoms. The molecule has 0 rings (SSSR count). The summed E-state index contributed by atoms with van der Waals surface area (Å²) in [5.74, 6) is -0.131. The highest BCUT2D eigenvalue weighted by Crippen LogP contribution is 2.14. The molecular weight excluding hydrogens is 648 g/mol. The van der Waals surface area contributed by atoms with Gasteiger partial charge in [-0.3, -0.25) is 4.79 Å². The minimum absolute atomic E-state index is 0.131. The van der Waals surface area contributed by atoms with Gasteiger partial charge in [-0.1, -0.05) is 149 Å². The van der Waals surface area contributed by atoms with E-state index >= 15 is 0 Å². The Bertz CT molecular complexity index is 637. The molecule has 0 radical (unpaired) electrons. The Labute approximate surface area is 315 Å². The highest BCUT2D eigenvalue weighted by Gasteiger charge is 2.03. The van der Waals surface area contributed by atoms with Gasteiger partial charge in [0.2, 0.25) is 0 Å². The van der Waals surface area contributed by atoms with E-state index in [-0.39, 0.29) is 5.97 Å². The predicted octanol–water partition coefficient (Wildman–Crippen LogP) is 10.0. The van der Waals surface area contributed by atoms with Gasteiger partial charge in [0.1, 0.15) is 6.61 Å². The van der Waals surface area contributed by atoms with Crippen molar-refractivity contribution in [3.05, 3.63) is 0 Å². The van der Waals surface area contributed by atoms with Crippen LogP contribution in [0.4, 0.5) is 0 Å². The van der Waals surface area contributed by atoms with Crippen LogP contribution in [0, 0.1) is 0 Å². The van der Waals surface area contributed by atoms with Gasteiger partial charge in [0.25, 0.3) is 0 Å². The van der Waals surface area contributed by atoms with E-state index in [1.165, 1.54) is 128 Å². The first-order valence-corrected chi connectivity index (χ1v) is 21.5. The topological polar surface area (TPSA) is 90.9 Å². The normalized spacial score (nSPS) is 11.5. The van der Waals surface area contributed by atoms with Crippen LogP contribution in [-0.2, 0) is 42.7 Å². The van der Waals surface area contributed by atoms with E-state index in [0.717, 1.165) is 25.9 Å². The van der Waals surface area contributed by atoms with Crippen LogP contribution in [0.2, 0.25) is 0 Å². The molecule has 0 aliphatic rings. The lowest BCUT2D eigenvalue weighted by molar-refractivity contribution is -0.145. The highest BCUT2D eigenvalue weighted by molar-refractivity contribution is 5.69. The van der Waals surface area contributed by atoms with Crippen molar-refractivity contribution in [2.45, 2.75) is 168 Å². The van der Waals surface area contributed by atoms with Crippen molar-refractivity contribution in [2.75, 3.05) is 99.1 Å². The van der Waals surface area contributed by atoms with Gasteiger partial charge < -0.3 is 37.9 Å². The third kappa shape index (κ3) is 47.2. The fourth-order valence-corrected chi connectivity index (χ4v) is 5.69. The summed E-state index contributed by atoms with van der Waals surface area (Å²) in [6, 6.07) is 0. The molecule has 0 aromatic heterocycles. The molecule has 0 unspecified atom stereocenters. The van der Waals surface area contributed by atoms with Crippen molar-refractivity contribution in [3.8, 4) is 0 Å². The van der Waals surface area contributed by atoms with Crippen LogP contribution in [-0.4, -0.2) is 105 Å². The summed E-state index contributed by atoms with van der Waals surface area (Å²) in [7, 11) is 0. The Hall–Kier alpha value is -0.810. The minimum Gasteiger partial charge on any atom is -0.463 e. The van der Waals surface area contributed by atoms with Crippen LogP contribution >= 0.6 is 0 Å². The molecule has 0 aromatic carbocycles. The first-order chi connectivity index (χ1) is 25.3. The van der Waals surface area contributed by atoms with E-state index in [1.54, 1.807) is 0 Å². The molecule has 9 nitrogen and oxygen atoms in total. The molecular formula is C42H84O9. The number of ether oxygens (including phenoxy) is 8. The summed E-state index contributed by atoms with van der Waals surface area (Å²) in [5, 5.41) is 0. The second-order valence-electron chi connectivity index (χ2n) is 13.7. The number of unbranched alkanes of at least 4 members (excludes halogenated alkanes) is 21. The summed E-state index contributed by atoms with van der Waals surface area (Å²) in [6.07, 6.45) is 31.1. The van der Waals surface area contributed by atoms with Crippen molar-refractivity contribution in [1.82, 2.24) is 0 Å². The molecule has 0 N–H and O–H groups in total. The molecule has 0 spiro atoms. The third-order valence-corrected chi connectivity index (χ3v) is 8.85. The second-order valence-corrected chi connectivity index (χ2v) is 13.7. The fraction of sp³-hybridized carbons (Fsp3) is 0.976. The lowest BCUT2D eigenvalue weighted by atomic mass is 10.0. The van der Waals surface area contributed by atoms with Crippen LogP contribution in [0.3, 0.4) is 0 Å². The maximum absolute atomic E-state index is 11.7. The molecule has 0 saturated carbocycles. The van der Waals surface area contributed by atoms with Gasteiger partial charge in [-0.25, -0.2) is 0 Å². The summed E-state index contributed by atoms with van der Waals surface area (Å²) < 4.78 is 44.0. The SMILES string of the molecule is CCCCCCCCCCCCCCCCCCOCCOCCOCCOCCOCCOCCOCCOC(=O)CCCCCCCCC. The van der Waals surface area contributed by atoms with Gasteiger partial charge in [-0.05, 0) is 12.8 Å². The van der Waals surface area contributed by atoms with Crippen molar-refractivity contribution < 1.29 is 42.7 Å². The minimum atomic E-state index is -0.131. The first kappa shape index (κ1) is 50.2. The summed E-state index contributed by atoms with van der Waals surface area (Å²) in [6.45, 7) is 12.5. The Morgan fingerprint density at radius 1 is 0.275 bits per heavy atom. The lowest BCUT2D eigenvalue weighted by Crippen LogP contribution is -2.15. The molecule has 0 aliphatic heterocycles. The van der Waals surface area contributed by atoms with Gasteiger partial charge in [-0.2, -0.15) is 0 Å². The molecule has 0 aromatic rings. The maximum atomic E-state index is 11.7. The van der Waals surface area contributed by atoms with Gasteiger partial charge in [0, 0.05) is 13.0 Å². The molecule has 51 heavy (non-hydrogen) atoms. The Morgan fingerprint density at radius 3 is 0.824 bits per heavy atom. The molecule has 0 atom stereocenters. The van der Waals surface area contributed by atoms with Gasteiger partial charge in [-0.15, -0.1) is 0 Å². The first-order valence-electron chi connectivity index (χ1n) is 21.5. The largest absolute Gasteiger partial charge is 0.463 e. The number of hydrogen-bond donors (Lipinski definition) is 0. The van der Waals surface area contributed by atoms with E-state index in [4.69, 9.17) is 37.9 Å². The number of carbonyl (C=O) groups excluding carboxylic acids is 1. The molecule has 0 amide bonds. The van der Waals surface area contributed by atoms with Crippen LogP contribution in [0.5, 0.6) is 0 Å². The molecule has 0 fully saturated rings. The Kier molecular flexibility index (Phi) is 46.5. The summed E-state index contributed by atoms with van der Waals surface area (Å²) in [4.78, 5) is 11.7. The zero-order valence-corrected chi connectivity index (χ0v) is 33.8. The van der Waals surface area contributed by atoms with Crippen LogP contribution in [0.25, 0.3) is 0 Å². The van der Waals surface area contributed by atoms with E-state index < -0.39 is 0 Å². The van der Waals surface area contributed by atoms with Crippen molar-refractivity contribution in [2.24, 2.45) is 0 Å². The van der Waals surface area contributed by atoms with Crippen LogP contribution in [0.15, 0.2) is 0 Å². The standard InChI is InChI=1S/C42H84O9/c1-3-5-7-9-11-12-13-14-15-16-17-18-19-21-23-25-27-44-28-29-45-30-31-46-32-33-47-34-35-48-36-37-49-38-39-50-40-41-51-42(43)26-24-22-20-10-8-6-4-2/h3-41H2,1-2H3. The summed E-state index contributed by atoms with van der Waals surface area (Å²) in [5.41, 5.74) is 0. The van der Waals surface area contributed by atoms with Gasteiger partial charge in [0.15, 0.2) is 0 Å². The maximum Gasteiger partial charge on any atom is 0.305 e. The fourth-order valence-electron chi connectivity index (χ4n) is 5.69. The zero-order valence-electron chi connectivity index (χ0n) is 33.8. The third-order valence-electron chi connectivity index (χ3n) is 8.85. The summed E-state index contributed by atoms with van der Waals surface area (Å²) >= 11 is 0. The second kappa shape index (κ2) is 47.2. The Balaban J connectivity index is 3.09. The number of esters is 1. The Morgan fingerprint density at radius 2 is 0.510 bits per heavy atom. The predicted molar refractivity (Wildman–Crippen MR) is 209 cm³/mol. The molecule has 0 saturated heterocycles. The van der Waals surface area contributed by atoms with E-state index in [1.807, 2.05) is 0 Å². The average Bonchev–Trinajstić information content (AvgIpc) is 3.14. The quantitative estimate of drug-likeness (QED) is 0.0448. The number of hydrogen-bond acceptors (Lipinski definition) is 9. The average molecular weight is 733 g/mol. The zero-order chi connectivity index (χ0) is 36.8. The van der Waals surface area contributed by atoms with Gasteiger partial charge in [0.05, 0.1) is 85.9 Å². The van der Waals surface area contributed by atoms with Gasteiger partial charge >= 0.3 is 5.97 Å². The van der Waals surface area contributed by atoms with E-state index in [0.29, 0.717) is 98.9 Å². The van der Waals surface area contributed by atoms with E-state index in [2.05, 4.69) is 13.8 Å². The molecule has 306 valence electrons. The highest BCUT2D eigenvalue weighted by atomic mass is 16.6. The number of rotatable bonds is 46. The van der Waals surface area contributed by atoms with Crippen molar-refractivity contribution >= 4 is 5.97 Å². The lowest BCUT2D eigenvalue weighted by Gasteiger charge is -2.09. The van der Waals surface area contributed by atoms with Crippen LogP contribution < -0.4 is 0 Å². The molecule has 0 heterocycles. The molecule has 9 heteroatoms. The molecule has 0 aliphatic carbocycles.